The minimum atomic E-state index is -0.957. The number of halogens is 3. The predicted molar refractivity (Wildman–Crippen MR) is 89.6 cm³/mol. The Kier molecular flexibility index (Phi) is 4.53. The van der Waals surface area contributed by atoms with Crippen molar-refractivity contribution in [1.29, 1.82) is 0 Å². The van der Waals surface area contributed by atoms with Crippen LogP contribution >= 0.6 is 0 Å². The second-order valence-electron chi connectivity index (χ2n) is 6.06. The van der Waals surface area contributed by atoms with E-state index in [0.29, 0.717) is 16.5 Å². The number of rotatable bonds is 4. The van der Waals surface area contributed by atoms with E-state index in [4.69, 9.17) is 0 Å². The number of carbonyl (C=O) groups is 1. The molecule has 1 aromatic heterocycles. The molecule has 0 aliphatic heterocycles. The van der Waals surface area contributed by atoms with Crippen LogP contribution < -0.4 is 5.32 Å². The van der Waals surface area contributed by atoms with Crippen molar-refractivity contribution in [2.45, 2.75) is 26.3 Å². The van der Waals surface area contributed by atoms with Crippen molar-refractivity contribution in [3.8, 4) is 0 Å². The highest BCUT2D eigenvalue weighted by Gasteiger charge is 2.16. The van der Waals surface area contributed by atoms with Crippen molar-refractivity contribution in [3.63, 3.8) is 0 Å². The summed E-state index contributed by atoms with van der Waals surface area (Å²) in [4.78, 5) is 15.5. The summed E-state index contributed by atoms with van der Waals surface area (Å²) in [5.41, 5.74) is 2.73. The smallest absolute Gasteiger partial charge is 0.224 e. The molecule has 130 valence electrons. The van der Waals surface area contributed by atoms with E-state index in [2.05, 4.69) is 10.3 Å². The number of amides is 1. The summed E-state index contributed by atoms with van der Waals surface area (Å²) < 4.78 is 39.8. The summed E-state index contributed by atoms with van der Waals surface area (Å²) in [6.07, 6.45) is 0.0588. The number of aryl methyl sites for hydroxylation is 1. The minimum absolute atomic E-state index is 0.0588. The fraction of sp³-hybridized carbons (Fsp3) is 0.211. The topological polar surface area (TPSA) is 44.9 Å². The normalized spacial score (nSPS) is 12.4. The zero-order valence-electron chi connectivity index (χ0n) is 13.8. The second-order valence-corrected chi connectivity index (χ2v) is 6.06. The lowest BCUT2D eigenvalue weighted by molar-refractivity contribution is -0.121. The monoisotopic (exact) mass is 346 g/mol. The lowest BCUT2D eigenvalue weighted by Gasteiger charge is -2.15. The van der Waals surface area contributed by atoms with Gasteiger partial charge in [0.05, 0.1) is 12.5 Å². The highest BCUT2D eigenvalue weighted by molar-refractivity contribution is 5.90. The van der Waals surface area contributed by atoms with Gasteiger partial charge in [0.1, 0.15) is 5.82 Å². The molecule has 0 radical (unpaired) electrons. The summed E-state index contributed by atoms with van der Waals surface area (Å²) >= 11 is 0. The van der Waals surface area contributed by atoms with Crippen LogP contribution in [0.4, 0.5) is 13.2 Å². The van der Waals surface area contributed by atoms with Gasteiger partial charge in [-0.25, -0.2) is 13.2 Å². The molecule has 6 heteroatoms. The third kappa shape index (κ3) is 3.52. The molecule has 1 unspecified atom stereocenters. The van der Waals surface area contributed by atoms with E-state index in [1.54, 1.807) is 13.0 Å². The van der Waals surface area contributed by atoms with Gasteiger partial charge < -0.3 is 10.3 Å². The zero-order valence-corrected chi connectivity index (χ0v) is 13.8. The first-order chi connectivity index (χ1) is 11.8. The van der Waals surface area contributed by atoms with Gasteiger partial charge in [-0.05, 0) is 55.3 Å². The number of aromatic nitrogens is 1. The SMILES string of the molecule is Cc1[nH]c2ccc(F)cc2c1CC(=O)NC(C)c1ccc(F)c(F)c1. The average Bonchev–Trinajstić information content (AvgIpc) is 2.85. The highest BCUT2D eigenvalue weighted by atomic mass is 19.2. The van der Waals surface area contributed by atoms with E-state index in [9.17, 15) is 18.0 Å². The Morgan fingerprint density at radius 3 is 2.60 bits per heavy atom. The lowest BCUT2D eigenvalue weighted by Crippen LogP contribution is -2.28. The molecule has 2 aromatic carbocycles. The molecule has 25 heavy (non-hydrogen) atoms. The first-order valence-electron chi connectivity index (χ1n) is 7.86. The van der Waals surface area contributed by atoms with Crippen LogP contribution in [0.15, 0.2) is 36.4 Å². The number of fused-ring (bicyclic) bond motifs is 1. The molecule has 2 N–H and O–H groups in total. The standard InChI is InChI=1S/C19H17F3N2O/c1-10(12-3-5-16(21)17(22)7-12)24-19(25)9-14-11(2)23-18-6-4-13(20)8-15(14)18/h3-8,10,23H,9H2,1-2H3,(H,24,25). The molecule has 0 aliphatic carbocycles. The van der Waals surface area contributed by atoms with Gasteiger partial charge in [-0.2, -0.15) is 0 Å². The summed E-state index contributed by atoms with van der Waals surface area (Å²) in [6.45, 7) is 3.51. The summed E-state index contributed by atoms with van der Waals surface area (Å²) in [6, 6.07) is 7.41. The Balaban J connectivity index is 1.77. The Bertz CT molecular complexity index is 949. The lowest BCUT2D eigenvalue weighted by atomic mass is 10.1. The number of aromatic amines is 1. The summed E-state index contributed by atoms with van der Waals surface area (Å²) in [7, 11) is 0. The molecule has 1 amide bonds. The van der Waals surface area contributed by atoms with Gasteiger partial charge in [0.15, 0.2) is 11.6 Å². The Morgan fingerprint density at radius 2 is 1.88 bits per heavy atom. The second kappa shape index (κ2) is 6.63. The molecular formula is C19H17F3N2O. The first-order valence-corrected chi connectivity index (χ1v) is 7.86. The average molecular weight is 346 g/mol. The van der Waals surface area contributed by atoms with Crippen LogP contribution in [0.1, 0.15) is 29.8 Å². The number of benzene rings is 2. The highest BCUT2D eigenvalue weighted by Crippen LogP contribution is 2.24. The van der Waals surface area contributed by atoms with Gasteiger partial charge in [-0.1, -0.05) is 6.07 Å². The van der Waals surface area contributed by atoms with Crippen LogP contribution in [0, 0.1) is 24.4 Å². The zero-order chi connectivity index (χ0) is 18.1. The Morgan fingerprint density at radius 1 is 1.12 bits per heavy atom. The van der Waals surface area contributed by atoms with Crippen LogP contribution in [0.5, 0.6) is 0 Å². The van der Waals surface area contributed by atoms with Crippen molar-refractivity contribution in [3.05, 3.63) is 70.7 Å². The molecule has 3 rings (SSSR count). The number of H-pyrrole nitrogens is 1. The van der Waals surface area contributed by atoms with E-state index in [0.717, 1.165) is 23.3 Å². The van der Waals surface area contributed by atoms with Gasteiger partial charge in [0.2, 0.25) is 5.91 Å². The number of nitrogens with one attached hydrogen (secondary N) is 2. The van der Waals surface area contributed by atoms with Gasteiger partial charge in [0, 0.05) is 16.6 Å². The van der Waals surface area contributed by atoms with Gasteiger partial charge in [0.25, 0.3) is 0 Å². The number of hydrogen-bond donors (Lipinski definition) is 2. The molecule has 3 nitrogen and oxygen atoms in total. The number of carbonyl (C=O) groups excluding carboxylic acids is 1. The molecular weight excluding hydrogens is 329 g/mol. The first kappa shape index (κ1) is 17.1. The Labute approximate surface area is 142 Å². The Hall–Kier alpha value is -2.76. The maximum absolute atomic E-state index is 13.5. The summed E-state index contributed by atoms with van der Waals surface area (Å²) in [5.74, 6) is -2.55. The molecule has 0 spiro atoms. The van der Waals surface area contributed by atoms with Crippen molar-refractivity contribution in [2.24, 2.45) is 0 Å². The largest absolute Gasteiger partial charge is 0.358 e. The minimum Gasteiger partial charge on any atom is -0.358 e. The van der Waals surface area contributed by atoms with E-state index in [1.165, 1.54) is 18.2 Å². The maximum atomic E-state index is 13.5. The van der Waals surface area contributed by atoms with E-state index in [-0.39, 0.29) is 18.1 Å². The van der Waals surface area contributed by atoms with E-state index in [1.807, 2.05) is 6.92 Å². The molecule has 1 atom stereocenters. The van der Waals surface area contributed by atoms with Crippen molar-refractivity contribution < 1.29 is 18.0 Å². The fourth-order valence-corrected chi connectivity index (χ4v) is 2.90. The van der Waals surface area contributed by atoms with Gasteiger partial charge in [-0.3, -0.25) is 4.79 Å². The van der Waals surface area contributed by atoms with Crippen molar-refractivity contribution in [2.75, 3.05) is 0 Å². The molecule has 0 fully saturated rings. The molecule has 0 aliphatic rings. The van der Waals surface area contributed by atoms with Crippen LogP contribution in [-0.4, -0.2) is 10.9 Å². The summed E-state index contributed by atoms with van der Waals surface area (Å²) in [5, 5.41) is 3.41. The van der Waals surface area contributed by atoms with E-state index >= 15 is 0 Å². The van der Waals surface area contributed by atoms with Crippen LogP contribution in [0.3, 0.4) is 0 Å². The maximum Gasteiger partial charge on any atom is 0.224 e. The molecule has 3 aromatic rings. The van der Waals surface area contributed by atoms with Gasteiger partial charge >= 0.3 is 0 Å². The molecule has 0 saturated carbocycles. The van der Waals surface area contributed by atoms with Crippen molar-refractivity contribution in [1.82, 2.24) is 10.3 Å². The fourth-order valence-electron chi connectivity index (χ4n) is 2.90. The molecule has 0 bridgehead atoms. The van der Waals surface area contributed by atoms with Crippen LogP contribution in [0.25, 0.3) is 10.9 Å². The molecule has 1 heterocycles. The quantitative estimate of drug-likeness (QED) is 0.726. The van der Waals surface area contributed by atoms with Crippen molar-refractivity contribution >= 4 is 16.8 Å². The predicted octanol–water partition coefficient (Wildman–Crippen LogP) is 4.31. The van der Waals surface area contributed by atoms with Gasteiger partial charge in [-0.15, -0.1) is 0 Å². The van der Waals surface area contributed by atoms with Crippen LogP contribution in [0.2, 0.25) is 0 Å². The van der Waals surface area contributed by atoms with Crippen LogP contribution in [-0.2, 0) is 11.2 Å². The third-order valence-corrected chi connectivity index (χ3v) is 4.24. The molecule has 0 saturated heterocycles. The van der Waals surface area contributed by atoms with E-state index < -0.39 is 17.7 Å². The number of hydrogen-bond acceptors (Lipinski definition) is 1. The third-order valence-electron chi connectivity index (χ3n) is 4.24.